The summed E-state index contributed by atoms with van der Waals surface area (Å²) in [6, 6.07) is 16.6. The summed E-state index contributed by atoms with van der Waals surface area (Å²) in [6.45, 7) is 1.52. The van der Waals surface area contributed by atoms with Crippen molar-refractivity contribution in [3.63, 3.8) is 0 Å². The minimum atomic E-state index is 0.00931. The van der Waals surface area contributed by atoms with E-state index in [1.54, 1.807) is 12.1 Å². The van der Waals surface area contributed by atoms with Gasteiger partial charge in [0.15, 0.2) is 0 Å². The zero-order valence-corrected chi connectivity index (χ0v) is 15.4. The summed E-state index contributed by atoms with van der Waals surface area (Å²) in [5, 5.41) is 3.49. The second-order valence-corrected chi connectivity index (χ2v) is 7.14. The van der Waals surface area contributed by atoms with Crippen LogP contribution in [0, 0.1) is 5.92 Å². The van der Waals surface area contributed by atoms with Crippen LogP contribution in [-0.4, -0.2) is 29.8 Å². The maximum absolute atomic E-state index is 12.5. The van der Waals surface area contributed by atoms with E-state index in [-0.39, 0.29) is 11.8 Å². The Morgan fingerprint density at radius 2 is 1.77 bits per heavy atom. The van der Waals surface area contributed by atoms with Gasteiger partial charge in [-0.15, -0.1) is 0 Å². The van der Waals surface area contributed by atoms with Crippen molar-refractivity contribution in [2.24, 2.45) is 5.92 Å². The fourth-order valence-electron chi connectivity index (χ4n) is 3.31. The van der Waals surface area contributed by atoms with Crippen LogP contribution in [0.5, 0.6) is 0 Å². The van der Waals surface area contributed by atoms with Crippen molar-refractivity contribution in [1.29, 1.82) is 0 Å². The summed E-state index contributed by atoms with van der Waals surface area (Å²) in [5.74, 6) is 0.595. The van der Waals surface area contributed by atoms with E-state index in [1.807, 2.05) is 47.4 Å². The number of rotatable bonds is 5. The Hall–Kier alpha value is -2.33. The lowest BCUT2D eigenvalue weighted by Crippen LogP contribution is -2.38. The molecule has 1 fully saturated rings. The summed E-state index contributed by atoms with van der Waals surface area (Å²) >= 11 is 5.93. The zero-order chi connectivity index (χ0) is 18.4. The molecule has 3 rings (SSSR count). The second kappa shape index (κ2) is 8.86. The lowest BCUT2D eigenvalue weighted by atomic mass is 9.91. The van der Waals surface area contributed by atoms with Gasteiger partial charge in [-0.05, 0) is 55.5 Å². The number of anilines is 1. The summed E-state index contributed by atoms with van der Waals surface area (Å²) in [6.07, 6.45) is 3.23. The van der Waals surface area contributed by atoms with Crippen LogP contribution in [0.1, 0.15) is 36.0 Å². The second-order valence-electron chi connectivity index (χ2n) is 6.70. The van der Waals surface area contributed by atoms with Gasteiger partial charge >= 0.3 is 0 Å². The van der Waals surface area contributed by atoms with Crippen molar-refractivity contribution >= 4 is 29.1 Å². The molecular formula is C21H23ClN2O2. The van der Waals surface area contributed by atoms with Crippen LogP contribution in [0.15, 0.2) is 54.6 Å². The molecule has 1 saturated heterocycles. The van der Waals surface area contributed by atoms with E-state index in [0.717, 1.165) is 43.6 Å². The minimum Gasteiger partial charge on any atom is -0.339 e. The van der Waals surface area contributed by atoms with Gasteiger partial charge in [-0.3, -0.25) is 9.59 Å². The highest BCUT2D eigenvalue weighted by molar-refractivity contribution is 6.30. The van der Waals surface area contributed by atoms with E-state index in [2.05, 4.69) is 5.32 Å². The number of halogens is 1. The van der Waals surface area contributed by atoms with E-state index in [1.165, 1.54) is 0 Å². The van der Waals surface area contributed by atoms with Gasteiger partial charge in [-0.25, -0.2) is 0 Å². The fraction of sp³-hybridized carbons (Fsp3) is 0.333. The largest absolute Gasteiger partial charge is 0.339 e. The number of nitrogens with zero attached hydrogens (tertiary/aromatic N) is 1. The predicted octanol–water partition coefficient (Wildman–Crippen LogP) is 4.61. The van der Waals surface area contributed by atoms with E-state index < -0.39 is 0 Å². The molecule has 5 heteroatoms. The first-order valence-electron chi connectivity index (χ1n) is 9.01. The number of likely N-dealkylation sites (tertiary alicyclic amines) is 1. The van der Waals surface area contributed by atoms with Gasteiger partial charge in [0.25, 0.3) is 5.91 Å². The van der Waals surface area contributed by atoms with Gasteiger partial charge in [0.2, 0.25) is 5.91 Å². The van der Waals surface area contributed by atoms with Crippen LogP contribution in [0.3, 0.4) is 0 Å². The van der Waals surface area contributed by atoms with Gasteiger partial charge in [0.1, 0.15) is 0 Å². The number of piperidine rings is 1. The molecule has 2 amide bonds. The van der Waals surface area contributed by atoms with Crippen molar-refractivity contribution < 1.29 is 9.59 Å². The Labute approximate surface area is 159 Å². The van der Waals surface area contributed by atoms with Crippen molar-refractivity contribution in [1.82, 2.24) is 4.90 Å². The lowest BCUT2D eigenvalue weighted by molar-refractivity contribution is -0.116. The number of carbonyl (C=O) groups is 2. The highest BCUT2D eigenvalue weighted by Crippen LogP contribution is 2.23. The van der Waals surface area contributed by atoms with Gasteiger partial charge in [0.05, 0.1) is 0 Å². The number of nitrogens with one attached hydrogen (secondary N) is 1. The molecule has 1 heterocycles. The fourth-order valence-corrected chi connectivity index (χ4v) is 3.50. The number of hydrogen-bond acceptors (Lipinski definition) is 2. The molecule has 4 nitrogen and oxygen atoms in total. The molecule has 0 spiro atoms. The van der Waals surface area contributed by atoms with Crippen LogP contribution in [0.2, 0.25) is 5.02 Å². The van der Waals surface area contributed by atoms with Gasteiger partial charge in [0, 0.05) is 35.8 Å². The predicted molar refractivity (Wildman–Crippen MR) is 104 cm³/mol. The molecule has 0 aliphatic carbocycles. The van der Waals surface area contributed by atoms with Gasteiger partial charge in [-0.1, -0.05) is 35.9 Å². The van der Waals surface area contributed by atoms with Crippen LogP contribution in [0.25, 0.3) is 0 Å². The molecular weight excluding hydrogens is 348 g/mol. The highest BCUT2D eigenvalue weighted by Gasteiger charge is 2.23. The SMILES string of the molecule is O=C(CCC1CCN(C(=O)c2ccccc2)CC1)Nc1cccc(Cl)c1. The normalized spacial score (nSPS) is 14.9. The first kappa shape index (κ1) is 18.5. The molecule has 2 aromatic rings. The van der Waals surface area contributed by atoms with E-state index in [9.17, 15) is 9.59 Å². The summed E-state index contributed by atoms with van der Waals surface area (Å²) < 4.78 is 0. The molecule has 0 bridgehead atoms. The van der Waals surface area contributed by atoms with Crippen LogP contribution >= 0.6 is 11.6 Å². The van der Waals surface area contributed by atoms with Crippen molar-refractivity contribution in [2.75, 3.05) is 18.4 Å². The van der Waals surface area contributed by atoms with Crippen LogP contribution < -0.4 is 5.32 Å². The first-order valence-corrected chi connectivity index (χ1v) is 9.39. The quantitative estimate of drug-likeness (QED) is 0.835. The monoisotopic (exact) mass is 370 g/mol. The molecule has 2 aromatic carbocycles. The molecule has 0 aromatic heterocycles. The topological polar surface area (TPSA) is 49.4 Å². The zero-order valence-electron chi connectivity index (χ0n) is 14.7. The Morgan fingerprint density at radius 1 is 1.04 bits per heavy atom. The number of benzene rings is 2. The minimum absolute atomic E-state index is 0.00931. The van der Waals surface area contributed by atoms with Crippen molar-refractivity contribution in [3.05, 3.63) is 65.2 Å². The number of hydrogen-bond donors (Lipinski definition) is 1. The van der Waals surface area contributed by atoms with Gasteiger partial charge in [-0.2, -0.15) is 0 Å². The molecule has 0 radical (unpaired) electrons. The average molecular weight is 371 g/mol. The molecule has 0 atom stereocenters. The van der Waals surface area contributed by atoms with Gasteiger partial charge < -0.3 is 10.2 Å². The van der Waals surface area contributed by atoms with Crippen LogP contribution in [-0.2, 0) is 4.79 Å². The summed E-state index contributed by atoms with van der Waals surface area (Å²) in [7, 11) is 0. The average Bonchev–Trinajstić information content (AvgIpc) is 2.67. The molecule has 26 heavy (non-hydrogen) atoms. The molecule has 1 aliphatic heterocycles. The van der Waals surface area contributed by atoms with E-state index in [0.29, 0.717) is 17.4 Å². The number of amides is 2. The lowest BCUT2D eigenvalue weighted by Gasteiger charge is -2.32. The third-order valence-corrected chi connectivity index (χ3v) is 5.05. The Morgan fingerprint density at radius 3 is 2.46 bits per heavy atom. The Kier molecular flexibility index (Phi) is 6.29. The van der Waals surface area contributed by atoms with Crippen molar-refractivity contribution in [3.8, 4) is 0 Å². The maximum Gasteiger partial charge on any atom is 0.253 e. The summed E-state index contributed by atoms with van der Waals surface area (Å²) in [4.78, 5) is 26.5. The standard InChI is InChI=1S/C21H23ClN2O2/c22-18-7-4-8-19(15-18)23-20(25)10-9-16-11-13-24(14-12-16)21(26)17-5-2-1-3-6-17/h1-8,15-16H,9-14H2,(H,23,25). The molecule has 1 aliphatic rings. The maximum atomic E-state index is 12.5. The molecule has 136 valence electrons. The third-order valence-electron chi connectivity index (χ3n) is 4.81. The first-order chi connectivity index (χ1) is 12.6. The third kappa shape index (κ3) is 5.09. The number of carbonyl (C=O) groups excluding carboxylic acids is 2. The Bertz CT molecular complexity index is 756. The van der Waals surface area contributed by atoms with Crippen LogP contribution in [0.4, 0.5) is 5.69 Å². The molecule has 0 saturated carbocycles. The highest BCUT2D eigenvalue weighted by atomic mass is 35.5. The smallest absolute Gasteiger partial charge is 0.253 e. The van der Waals surface area contributed by atoms with Crippen molar-refractivity contribution in [2.45, 2.75) is 25.7 Å². The van der Waals surface area contributed by atoms with E-state index in [4.69, 9.17) is 11.6 Å². The summed E-state index contributed by atoms with van der Waals surface area (Å²) in [5.41, 5.74) is 1.47. The Balaban J connectivity index is 1.41. The molecule has 0 unspecified atom stereocenters. The molecule has 1 N–H and O–H groups in total. The van der Waals surface area contributed by atoms with E-state index >= 15 is 0 Å².